The van der Waals surface area contributed by atoms with Gasteiger partial charge in [-0.2, -0.15) is 0 Å². The number of benzene rings is 1. The molecule has 5 nitrogen and oxygen atoms in total. The zero-order chi connectivity index (χ0) is 14.4. The van der Waals surface area contributed by atoms with Crippen molar-refractivity contribution in [1.29, 1.82) is 0 Å². The summed E-state index contributed by atoms with van der Waals surface area (Å²) in [4.78, 5) is 17.9. The molecule has 2 aromatic rings. The molecule has 2 rings (SSSR count). The highest BCUT2D eigenvalue weighted by Crippen LogP contribution is 2.12. The number of hydrogen-bond donors (Lipinski definition) is 2. The summed E-state index contributed by atoms with van der Waals surface area (Å²) >= 11 is 0. The Kier molecular flexibility index (Phi) is 4.55. The van der Waals surface area contributed by atoms with Crippen LogP contribution >= 0.6 is 0 Å². The Balaban J connectivity index is 1.86. The first-order valence-electron chi connectivity index (χ1n) is 6.43. The molecule has 1 heterocycles. The summed E-state index contributed by atoms with van der Waals surface area (Å²) in [7, 11) is 1.75. The quantitative estimate of drug-likeness (QED) is 0.838. The van der Waals surface area contributed by atoms with Gasteiger partial charge in [0.15, 0.2) is 0 Å². The van der Waals surface area contributed by atoms with Gasteiger partial charge in [0.25, 0.3) is 0 Å². The molecule has 5 heteroatoms. The summed E-state index contributed by atoms with van der Waals surface area (Å²) in [6.07, 6.45) is 2.48. The number of nitrogens with two attached hydrogens (primary N) is 1. The number of carbonyl (C=O) groups is 1. The van der Waals surface area contributed by atoms with Gasteiger partial charge < -0.3 is 16.0 Å². The monoisotopic (exact) mass is 270 g/mol. The zero-order valence-corrected chi connectivity index (χ0v) is 11.4. The minimum absolute atomic E-state index is 0.161. The topological polar surface area (TPSA) is 71.2 Å². The minimum atomic E-state index is -0.161. The van der Waals surface area contributed by atoms with Crippen LogP contribution in [0.15, 0.2) is 48.7 Å². The lowest BCUT2D eigenvalue weighted by Gasteiger charge is -2.17. The van der Waals surface area contributed by atoms with Crippen LogP contribution in [0.2, 0.25) is 0 Å². The van der Waals surface area contributed by atoms with Crippen molar-refractivity contribution in [3.05, 3.63) is 54.4 Å². The number of pyridine rings is 1. The molecule has 0 aliphatic carbocycles. The van der Waals surface area contributed by atoms with E-state index in [2.05, 4.69) is 10.3 Å². The van der Waals surface area contributed by atoms with Crippen LogP contribution < -0.4 is 11.1 Å². The van der Waals surface area contributed by atoms with Crippen molar-refractivity contribution < 1.29 is 4.79 Å². The molecule has 0 atom stereocenters. The Morgan fingerprint density at radius 2 is 2.15 bits per heavy atom. The van der Waals surface area contributed by atoms with Crippen LogP contribution in [0.1, 0.15) is 5.69 Å². The normalized spacial score (nSPS) is 10.1. The van der Waals surface area contributed by atoms with E-state index in [0.717, 1.165) is 12.1 Å². The van der Waals surface area contributed by atoms with E-state index in [9.17, 15) is 4.79 Å². The standard InChI is InChI=1S/C15H18N4O/c1-19(10-8-13-6-2-3-9-17-13)15(20)18-14-7-4-5-12(16)11-14/h2-7,9,11H,8,10,16H2,1H3,(H,18,20). The highest BCUT2D eigenvalue weighted by Gasteiger charge is 2.09. The lowest BCUT2D eigenvalue weighted by atomic mass is 10.2. The first-order chi connectivity index (χ1) is 9.65. The van der Waals surface area contributed by atoms with E-state index in [1.807, 2.05) is 18.2 Å². The number of urea groups is 1. The predicted molar refractivity (Wildman–Crippen MR) is 80.4 cm³/mol. The number of aromatic nitrogens is 1. The first-order valence-corrected chi connectivity index (χ1v) is 6.43. The molecule has 1 aromatic heterocycles. The molecule has 0 aliphatic rings. The number of amides is 2. The van der Waals surface area contributed by atoms with Crippen molar-refractivity contribution in [2.75, 3.05) is 24.6 Å². The molecule has 0 fully saturated rings. The van der Waals surface area contributed by atoms with Crippen LogP contribution in [0.4, 0.5) is 16.2 Å². The van der Waals surface area contributed by atoms with Crippen molar-refractivity contribution in [2.24, 2.45) is 0 Å². The molecule has 0 spiro atoms. The fraction of sp³-hybridized carbons (Fsp3) is 0.200. The van der Waals surface area contributed by atoms with Gasteiger partial charge in [0, 0.05) is 43.3 Å². The maximum Gasteiger partial charge on any atom is 0.321 e. The molecule has 0 saturated carbocycles. The van der Waals surface area contributed by atoms with Crippen LogP contribution in [0.3, 0.4) is 0 Å². The Labute approximate surface area is 118 Å². The zero-order valence-electron chi connectivity index (χ0n) is 11.4. The average Bonchev–Trinajstić information content (AvgIpc) is 2.46. The van der Waals surface area contributed by atoms with E-state index in [4.69, 9.17) is 5.73 Å². The summed E-state index contributed by atoms with van der Waals surface area (Å²) in [5.74, 6) is 0. The molecule has 3 N–H and O–H groups in total. The minimum Gasteiger partial charge on any atom is -0.399 e. The van der Waals surface area contributed by atoms with E-state index in [1.165, 1.54) is 0 Å². The van der Waals surface area contributed by atoms with Gasteiger partial charge >= 0.3 is 6.03 Å². The van der Waals surface area contributed by atoms with Crippen LogP contribution in [-0.4, -0.2) is 29.5 Å². The second-order valence-electron chi connectivity index (χ2n) is 4.55. The number of nitrogens with zero attached hydrogens (tertiary/aromatic N) is 2. The third-order valence-corrected chi connectivity index (χ3v) is 2.91. The summed E-state index contributed by atoms with van der Waals surface area (Å²) in [6, 6.07) is 12.7. The van der Waals surface area contributed by atoms with Gasteiger partial charge in [0.1, 0.15) is 0 Å². The summed E-state index contributed by atoms with van der Waals surface area (Å²) < 4.78 is 0. The van der Waals surface area contributed by atoms with Gasteiger partial charge in [-0.1, -0.05) is 12.1 Å². The van der Waals surface area contributed by atoms with Crippen LogP contribution in [0.25, 0.3) is 0 Å². The maximum atomic E-state index is 12.0. The smallest absolute Gasteiger partial charge is 0.321 e. The molecule has 20 heavy (non-hydrogen) atoms. The number of likely N-dealkylation sites (N-methyl/N-ethyl adjacent to an activating group) is 1. The number of hydrogen-bond acceptors (Lipinski definition) is 3. The molecule has 0 saturated heterocycles. The van der Waals surface area contributed by atoms with E-state index in [-0.39, 0.29) is 6.03 Å². The van der Waals surface area contributed by atoms with Gasteiger partial charge in [0.2, 0.25) is 0 Å². The van der Waals surface area contributed by atoms with Crippen molar-refractivity contribution in [1.82, 2.24) is 9.88 Å². The van der Waals surface area contributed by atoms with Gasteiger partial charge in [-0.25, -0.2) is 4.79 Å². The molecule has 1 aromatic carbocycles. The molecule has 104 valence electrons. The molecule has 0 aliphatic heterocycles. The van der Waals surface area contributed by atoms with Crippen molar-refractivity contribution >= 4 is 17.4 Å². The summed E-state index contributed by atoms with van der Waals surface area (Å²) in [5, 5.41) is 2.81. The maximum absolute atomic E-state index is 12.0. The van der Waals surface area contributed by atoms with E-state index >= 15 is 0 Å². The SMILES string of the molecule is CN(CCc1ccccn1)C(=O)Nc1cccc(N)c1. The number of nitrogens with one attached hydrogen (secondary N) is 1. The molecule has 0 radical (unpaired) electrons. The van der Waals surface area contributed by atoms with Crippen molar-refractivity contribution in [2.45, 2.75) is 6.42 Å². The van der Waals surface area contributed by atoms with E-state index in [0.29, 0.717) is 17.9 Å². The number of carbonyl (C=O) groups excluding carboxylic acids is 1. The van der Waals surface area contributed by atoms with Crippen LogP contribution in [0, 0.1) is 0 Å². The fourth-order valence-corrected chi connectivity index (χ4v) is 1.77. The Bertz CT molecular complexity index is 571. The Morgan fingerprint density at radius 3 is 2.85 bits per heavy atom. The largest absolute Gasteiger partial charge is 0.399 e. The van der Waals surface area contributed by atoms with Crippen molar-refractivity contribution in [3.63, 3.8) is 0 Å². The molecule has 0 unspecified atom stereocenters. The lowest BCUT2D eigenvalue weighted by molar-refractivity contribution is 0.223. The first kappa shape index (κ1) is 13.9. The predicted octanol–water partition coefficient (Wildman–Crippen LogP) is 2.37. The number of anilines is 2. The highest BCUT2D eigenvalue weighted by molar-refractivity contribution is 5.89. The second kappa shape index (κ2) is 6.56. The summed E-state index contributed by atoms with van der Waals surface area (Å²) in [5.41, 5.74) is 7.96. The van der Waals surface area contributed by atoms with Crippen LogP contribution in [-0.2, 0) is 6.42 Å². The third kappa shape index (κ3) is 3.98. The average molecular weight is 270 g/mol. The highest BCUT2D eigenvalue weighted by atomic mass is 16.2. The molecule has 0 bridgehead atoms. The molecular formula is C15H18N4O. The van der Waals surface area contributed by atoms with Crippen molar-refractivity contribution in [3.8, 4) is 0 Å². The van der Waals surface area contributed by atoms with Gasteiger partial charge in [-0.15, -0.1) is 0 Å². The number of nitrogen functional groups attached to an aromatic ring is 1. The Morgan fingerprint density at radius 1 is 1.30 bits per heavy atom. The van der Waals surface area contributed by atoms with Gasteiger partial charge in [-0.05, 0) is 30.3 Å². The van der Waals surface area contributed by atoms with Gasteiger partial charge in [0.05, 0.1) is 0 Å². The van der Waals surface area contributed by atoms with Crippen LogP contribution in [0.5, 0.6) is 0 Å². The van der Waals surface area contributed by atoms with E-state index in [1.54, 1.807) is 42.4 Å². The summed E-state index contributed by atoms with van der Waals surface area (Å²) in [6.45, 7) is 0.602. The molecule has 2 amide bonds. The second-order valence-corrected chi connectivity index (χ2v) is 4.55. The van der Waals surface area contributed by atoms with Gasteiger partial charge in [-0.3, -0.25) is 4.98 Å². The fourth-order valence-electron chi connectivity index (χ4n) is 1.77. The third-order valence-electron chi connectivity index (χ3n) is 2.91. The van der Waals surface area contributed by atoms with E-state index < -0.39 is 0 Å². The molecular weight excluding hydrogens is 252 g/mol. The Hall–Kier alpha value is -2.56. The number of rotatable bonds is 4. The lowest BCUT2D eigenvalue weighted by Crippen LogP contribution is -2.33.